The first-order valence-corrected chi connectivity index (χ1v) is 10.6. The average Bonchev–Trinajstić information content (AvgIpc) is 3.35. The SMILES string of the molecule is O=C1OC(CCCN2CCN(C(=O)c3cc4ccccc4[nH]3)CC2)c2ccccc21. The molecule has 1 aromatic heterocycles. The lowest BCUT2D eigenvalue weighted by molar-refractivity contribution is 0.0353. The van der Waals surface area contributed by atoms with Crippen LogP contribution in [0.3, 0.4) is 0 Å². The second-order valence-corrected chi connectivity index (χ2v) is 8.03. The van der Waals surface area contributed by atoms with Crippen LogP contribution in [0.25, 0.3) is 10.9 Å². The number of aromatic nitrogens is 1. The van der Waals surface area contributed by atoms with E-state index in [4.69, 9.17) is 4.74 Å². The summed E-state index contributed by atoms with van der Waals surface area (Å²) in [6, 6.07) is 17.5. The number of hydrogen-bond acceptors (Lipinski definition) is 4. The standard InChI is InChI=1S/C24H25N3O3/c28-23(21-16-17-6-1-4-9-20(17)25-21)27-14-12-26(13-15-27)11-5-10-22-18-7-2-3-8-19(18)24(29)30-22/h1-4,6-9,16,22,25H,5,10-15H2. The van der Waals surface area contributed by atoms with Crippen LogP contribution in [-0.4, -0.2) is 59.4 Å². The molecule has 1 amide bonds. The number of cyclic esters (lactones) is 1. The van der Waals surface area contributed by atoms with Gasteiger partial charge >= 0.3 is 5.97 Å². The number of ether oxygens (including phenoxy) is 1. The number of benzene rings is 2. The Balaban J connectivity index is 1.11. The minimum absolute atomic E-state index is 0.0697. The van der Waals surface area contributed by atoms with Crippen LogP contribution in [0.2, 0.25) is 0 Å². The Morgan fingerprint density at radius 3 is 2.63 bits per heavy atom. The first kappa shape index (κ1) is 18.9. The molecule has 1 fully saturated rings. The summed E-state index contributed by atoms with van der Waals surface area (Å²) in [5, 5.41) is 1.06. The Hall–Kier alpha value is -3.12. The molecule has 2 aliphatic rings. The predicted molar refractivity (Wildman–Crippen MR) is 114 cm³/mol. The predicted octanol–water partition coefficient (Wildman–Crippen LogP) is 3.62. The Bertz CT molecular complexity index is 1050. The third kappa shape index (κ3) is 3.59. The number of amides is 1. The molecule has 5 rings (SSSR count). The fourth-order valence-corrected chi connectivity index (χ4v) is 4.47. The first-order valence-electron chi connectivity index (χ1n) is 10.6. The van der Waals surface area contributed by atoms with Crippen molar-refractivity contribution >= 4 is 22.8 Å². The van der Waals surface area contributed by atoms with Gasteiger partial charge in [0.2, 0.25) is 0 Å². The molecule has 154 valence electrons. The number of nitrogens with zero attached hydrogens (tertiary/aromatic N) is 2. The zero-order chi connectivity index (χ0) is 20.5. The quantitative estimate of drug-likeness (QED) is 0.661. The van der Waals surface area contributed by atoms with Gasteiger partial charge in [-0.2, -0.15) is 0 Å². The van der Waals surface area contributed by atoms with Gasteiger partial charge in [-0.25, -0.2) is 4.79 Å². The number of nitrogens with one attached hydrogen (secondary N) is 1. The molecule has 1 unspecified atom stereocenters. The van der Waals surface area contributed by atoms with Gasteiger partial charge in [0.25, 0.3) is 5.91 Å². The van der Waals surface area contributed by atoms with Gasteiger partial charge in [0, 0.05) is 42.6 Å². The van der Waals surface area contributed by atoms with Gasteiger partial charge in [-0.05, 0) is 37.6 Å². The summed E-state index contributed by atoms with van der Waals surface area (Å²) in [6.45, 7) is 4.15. The number of rotatable bonds is 5. The van der Waals surface area contributed by atoms with Crippen LogP contribution in [0.5, 0.6) is 0 Å². The highest BCUT2D eigenvalue weighted by atomic mass is 16.5. The molecule has 1 atom stereocenters. The Kier molecular flexibility index (Phi) is 5.01. The van der Waals surface area contributed by atoms with Gasteiger partial charge in [0.15, 0.2) is 0 Å². The summed E-state index contributed by atoms with van der Waals surface area (Å²) in [5.41, 5.74) is 3.36. The summed E-state index contributed by atoms with van der Waals surface area (Å²) >= 11 is 0. The van der Waals surface area contributed by atoms with Crippen molar-refractivity contribution in [2.45, 2.75) is 18.9 Å². The number of esters is 1. The van der Waals surface area contributed by atoms with Crippen molar-refractivity contribution in [1.29, 1.82) is 0 Å². The highest BCUT2D eigenvalue weighted by Gasteiger charge is 2.30. The van der Waals surface area contributed by atoms with Gasteiger partial charge in [-0.1, -0.05) is 36.4 Å². The maximum Gasteiger partial charge on any atom is 0.339 e. The molecule has 6 nitrogen and oxygen atoms in total. The van der Waals surface area contributed by atoms with Gasteiger partial charge in [-0.15, -0.1) is 0 Å². The van der Waals surface area contributed by atoms with Gasteiger partial charge in [0.05, 0.1) is 5.56 Å². The van der Waals surface area contributed by atoms with Gasteiger partial charge < -0.3 is 14.6 Å². The maximum absolute atomic E-state index is 12.8. The van der Waals surface area contributed by atoms with Crippen molar-refractivity contribution in [1.82, 2.24) is 14.8 Å². The highest BCUT2D eigenvalue weighted by Crippen LogP contribution is 2.33. The number of H-pyrrole nitrogens is 1. The lowest BCUT2D eigenvalue weighted by Crippen LogP contribution is -2.48. The maximum atomic E-state index is 12.8. The zero-order valence-corrected chi connectivity index (χ0v) is 16.8. The summed E-state index contributed by atoms with van der Waals surface area (Å²) < 4.78 is 5.53. The topological polar surface area (TPSA) is 65.6 Å². The van der Waals surface area contributed by atoms with E-state index in [-0.39, 0.29) is 18.0 Å². The monoisotopic (exact) mass is 403 g/mol. The molecular formula is C24H25N3O3. The fourth-order valence-electron chi connectivity index (χ4n) is 4.47. The molecule has 0 aliphatic carbocycles. The van der Waals surface area contributed by atoms with Crippen molar-refractivity contribution in [3.05, 3.63) is 71.4 Å². The largest absolute Gasteiger partial charge is 0.454 e. The van der Waals surface area contributed by atoms with E-state index >= 15 is 0 Å². The number of aromatic amines is 1. The van der Waals surface area contributed by atoms with Crippen molar-refractivity contribution in [3.8, 4) is 0 Å². The zero-order valence-electron chi connectivity index (χ0n) is 16.8. The lowest BCUT2D eigenvalue weighted by Gasteiger charge is -2.34. The Morgan fingerprint density at radius 2 is 1.80 bits per heavy atom. The van der Waals surface area contributed by atoms with Crippen LogP contribution in [0.15, 0.2) is 54.6 Å². The van der Waals surface area contributed by atoms with Crippen LogP contribution in [0, 0.1) is 0 Å². The molecule has 6 heteroatoms. The molecule has 0 radical (unpaired) electrons. The average molecular weight is 403 g/mol. The summed E-state index contributed by atoms with van der Waals surface area (Å²) in [4.78, 5) is 32.3. The third-order valence-electron chi connectivity index (χ3n) is 6.14. The normalized spacial score (nSPS) is 19.1. The van der Waals surface area contributed by atoms with E-state index in [1.807, 2.05) is 59.5 Å². The van der Waals surface area contributed by atoms with E-state index in [0.717, 1.165) is 62.0 Å². The van der Waals surface area contributed by atoms with Crippen molar-refractivity contribution < 1.29 is 14.3 Å². The smallest absolute Gasteiger partial charge is 0.339 e. The number of hydrogen-bond donors (Lipinski definition) is 1. The van der Waals surface area contributed by atoms with E-state index in [1.165, 1.54) is 0 Å². The van der Waals surface area contributed by atoms with Gasteiger partial charge in [0.1, 0.15) is 11.8 Å². The molecule has 0 bridgehead atoms. The fraction of sp³-hybridized carbons (Fsp3) is 0.333. The number of piperazine rings is 1. The second kappa shape index (κ2) is 7.95. The summed E-state index contributed by atoms with van der Waals surface area (Å²) in [5.74, 6) is -0.139. The minimum atomic E-state index is -0.209. The number of carbonyl (C=O) groups is 2. The molecule has 3 heterocycles. The van der Waals surface area contributed by atoms with Crippen molar-refractivity contribution in [2.24, 2.45) is 0 Å². The number of carbonyl (C=O) groups excluding carboxylic acids is 2. The molecule has 30 heavy (non-hydrogen) atoms. The first-order chi connectivity index (χ1) is 14.7. The van der Waals surface area contributed by atoms with E-state index in [0.29, 0.717) is 11.3 Å². The van der Waals surface area contributed by atoms with Crippen molar-refractivity contribution in [3.63, 3.8) is 0 Å². The lowest BCUT2D eigenvalue weighted by atomic mass is 10.0. The second-order valence-electron chi connectivity index (χ2n) is 8.03. The molecule has 0 saturated carbocycles. The summed E-state index contributed by atoms with van der Waals surface area (Å²) in [6.07, 6.45) is 1.66. The van der Waals surface area contributed by atoms with Crippen LogP contribution in [0.4, 0.5) is 0 Å². The van der Waals surface area contributed by atoms with E-state index < -0.39 is 0 Å². The Morgan fingerprint density at radius 1 is 1.03 bits per heavy atom. The minimum Gasteiger partial charge on any atom is -0.454 e. The molecule has 1 N–H and O–H groups in total. The molecule has 2 aromatic carbocycles. The molecular weight excluding hydrogens is 378 g/mol. The number of fused-ring (bicyclic) bond motifs is 2. The number of para-hydroxylation sites is 1. The van der Waals surface area contributed by atoms with E-state index in [1.54, 1.807) is 0 Å². The third-order valence-corrected chi connectivity index (χ3v) is 6.14. The van der Waals surface area contributed by atoms with E-state index in [2.05, 4.69) is 9.88 Å². The molecule has 2 aliphatic heterocycles. The molecule has 3 aromatic rings. The van der Waals surface area contributed by atoms with E-state index in [9.17, 15) is 9.59 Å². The molecule has 0 spiro atoms. The van der Waals surface area contributed by atoms with Crippen LogP contribution < -0.4 is 0 Å². The highest BCUT2D eigenvalue weighted by molar-refractivity contribution is 5.98. The van der Waals surface area contributed by atoms with Crippen molar-refractivity contribution in [2.75, 3.05) is 32.7 Å². The Labute approximate surface area is 175 Å². The van der Waals surface area contributed by atoms with Crippen LogP contribution in [-0.2, 0) is 4.74 Å². The molecule has 1 saturated heterocycles. The van der Waals surface area contributed by atoms with Crippen LogP contribution in [0.1, 0.15) is 45.4 Å². The summed E-state index contributed by atoms with van der Waals surface area (Å²) in [7, 11) is 0. The van der Waals surface area contributed by atoms with Crippen LogP contribution >= 0.6 is 0 Å². The van der Waals surface area contributed by atoms with Gasteiger partial charge in [-0.3, -0.25) is 9.69 Å².